The van der Waals surface area contributed by atoms with Crippen LogP contribution in [0.3, 0.4) is 0 Å². The molecule has 0 atom stereocenters. The fraction of sp³-hybridized carbons (Fsp3) is 0. The number of hydrogen-bond acceptors (Lipinski definition) is 1. The second kappa shape index (κ2) is 9.25. The monoisotopic (exact) mass is 572 g/mol. The quantitative estimate of drug-likeness (QED) is 0.149. The lowest BCUT2D eigenvalue weighted by Gasteiger charge is -2.11. The standard InChI is InChI=1S/C43H26NO/c1-2-10-34-27(7-1)14-17-29-18-15-28-16-19-31(24-37(28)43(29)34)30-20-21-39-33(23-30)9-6-22-44(39)40-12-5-8-32-25-42-38(26-36(32)40)35-11-3-4-13-41(35)45-42/h1-26H/q+1. The Balaban J connectivity index is 1.15. The van der Waals surface area contributed by atoms with Crippen LogP contribution in [-0.4, -0.2) is 0 Å². The van der Waals surface area contributed by atoms with Gasteiger partial charge in [-0.15, -0.1) is 0 Å². The molecule has 0 radical (unpaired) electrons. The summed E-state index contributed by atoms with van der Waals surface area (Å²) >= 11 is 0. The predicted molar refractivity (Wildman–Crippen MR) is 188 cm³/mol. The minimum Gasteiger partial charge on any atom is -0.456 e. The van der Waals surface area contributed by atoms with E-state index < -0.39 is 0 Å². The number of rotatable bonds is 2. The van der Waals surface area contributed by atoms with E-state index in [-0.39, 0.29) is 0 Å². The SMILES string of the molecule is c1cc(-[n+]2cccc3cc(-c4ccc5ccc6ccc7ccccc7c6c5c4)ccc32)c2cc3c(cc2c1)oc1ccccc13. The third-order valence-electron chi connectivity index (χ3n) is 9.47. The van der Waals surface area contributed by atoms with E-state index in [9.17, 15) is 0 Å². The van der Waals surface area contributed by atoms with Crippen LogP contribution < -0.4 is 4.57 Å². The number of para-hydroxylation sites is 1. The zero-order valence-corrected chi connectivity index (χ0v) is 24.4. The molecule has 0 spiro atoms. The van der Waals surface area contributed by atoms with Crippen molar-refractivity contribution in [3.63, 3.8) is 0 Å². The predicted octanol–water partition coefficient (Wildman–Crippen LogP) is 11.3. The van der Waals surface area contributed by atoms with Crippen molar-refractivity contribution in [2.75, 3.05) is 0 Å². The van der Waals surface area contributed by atoms with E-state index in [0.29, 0.717) is 0 Å². The summed E-state index contributed by atoms with van der Waals surface area (Å²) in [6, 6.07) is 55.0. The Kier molecular flexibility index (Phi) is 5.03. The van der Waals surface area contributed by atoms with Crippen LogP contribution in [0.2, 0.25) is 0 Å². The first-order valence-corrected chi connectivity index (χ1v) is 15.4. The summed E-state index contributed by atoms with van der Waals surface area (Å²) < 4.78 is 8.51. The summed E-state index contributed by atoms with van der Waals surface area (Å²) in [5, 5.41) is 13.6. The number of aromatic nitrogens is 1. The Hall–Kier alpha value is -5.99. The Morgan fingerprint density at radius 1 is 0.378 bits per heavy atom. The van der Waals surface area contributed by atoms with E-state index >= 15 is 0 Å². The molecule has 0 unspecified atom stereocenters. The van der Waals surface area contributed by atoms with Crippen molar-refractivity contribution in [2.24, 2.45) is 0 Å². The average Bonchev–Trinajstić information content (AvgIpc) is 3.46. The minimum atomic E-state index is 0.921. The van der Waals surface area contributed by atoms with Crippen molar-refractivity contribution in [2.45, 2.75) is 0 Å². The topological polar surface area (TPSA) is 17.0 Å². The normalized spacial score (nSPS) is 12.0. The summed E-state index contributed by atoms with van der Waals surface area (Å²) in [4.78, 5) is 0. The van der Waals surface area contributed by atoms with Crippen molar-refractivity contribution >= 4 is 75.9 Å². The summed E-state index contributed by atoms with van der Waals surface area (Å²) in [6.07, 6.45) is 2.17. The molecule has 45 heavy (non-hydrogen) atoms. The highest BCUT2D eigenvalue weighted by Gasteiger charge is 2.18. The molecule has 2 aromatic heterocycles. The van der Waals surface area contributed by atoms with Crippen LogP contribution in [0, 0.1) is 0 Å². The Labute approximate surface area is 259 Å². The molecule has 0 amide bonds. The van der Waals surface area contributed by atoms with Gasteiger partial charge < -0.3 is 4.42 Å². The maximum Gasteiger partial charge on any atom is 0.219 e. The molecule has 208 valence electrons. The fourth-order valence-electron chi connectivity index (χ4n) is 7.30. The minimum absolute atomic E-state index is 0.921. The van der Waals surface area contributed by atoms with Gasteiger partial charge in [-0.1, -0.05) is 91.0 Å². The number of nitrogens with zero attached hydrogens (tertiary/aromatic N) is 1. The van der Waals surface area contributed by atoms with E-state index in [1.165, 1.54) is 59.7 Å². The molecule has 2 heterocycles. The molecule has 0 aliphatic rings. The van der Waals surface area contributed by atoms with E-state index in [1.54, 1.807) is 0 Å². The van der Waals surface area contributed by atoms with E-state index in [2.05, 4.69) is 150 Å². The number of pyridine rings is 1. The van der Waals surface area contributed by atoms with Gasteiger partial charge in [0.15, 0.2) is 6.20 Å². The zero-order chi connectivity index (χ0) is 29.5. The highest BCUT2D eigenvalue weighted by atomic mass is 16.3. The summed E-state index contributed by atoms with van der Waals surface area (Å²) in [7, 11) is 0. The van der Waals surface area contributed by atoms with Gasteiger partial charge in [0.2, 0.25) is 11.2 Å². The van der Waals surface area contributed by atoms with Gasteiger partial charge in [-0.3, -0.25) is 0 Å². The number of hydrogen-bond donors (Lipinski definition) is 0. The molecule has 2 nitrogen and oxygen atoms in total. The molecule has 0 aliphatic heterocycles. The smallest absolute Gasteiger partial charge is 0.219 e. The van der Waals surface area contributed by atoms with Crippen LogP contribution in [0.1, 0.15) is 0 Å². The largest absolute Gasteiger partial charge is 0.456 e. The van der Waals surface area contributed by atoms with Crippen LogP contribution in [0.4, 0.5) is 0 Å². The van der Waals surface area contributed by atoms with E-state index in [1.807, 2.05) is 12.1 Å². The van der Waals surface area contributed by atoms with Crippen LogP contribution in [0.5, 0.6) is 0 Å². The Morgan fingerprint density at radius 2 is 1.09 bits per heavy atom. The highest BCUT2D eigenvalue weighted by Crippen LogP contribution is 2.36. The third kappa shape index (κ3) is 3.66. The van der Waals surface area contributed by atoms with Gasteiger partial charge in [0, 0.05) is 34.4 Å². The van der Waals surface area contributed by atoms with Crippen molar-refractivity contribution in [3.05, 3.63) is 158 Å². The fourth-order valence-corrected chi connectivity index (χ4v) is 7.30. The molecule has 2 heteroatoms. The number of furan rings is 1. The second-order valence-electron chi connectivity index (χ2n) is 12.0. The van der Waals surface area contributed by atoms with Gasteiger partial charge in [0.05, 0.1) is 5.39 Å². The average molecular weight is 573 g/mol. The highest BCUT2D eigenvalue weighted by molar-refractivity contribution is 6.20. The molecule has 0 saturated carbocycles. The van der Waals surface area contributed by atoms with Gasteiger partial charge in [-0.05, 0) is 91.3 Å². The molecule has 10 rings (SSSR count). The Morgan fingerprint density at radius 3 is 2.02 bits per heavy atom. The van der Waals surface area contributed by atoms with E-state index in [0.717, 1.165) is 33.0 Å². The second-order valence-corrected chi connectivity index (χ2v) is 12.0. The molecule has 10 aromatic rings. The summed E-state index contributed by atoms with van der Waals surface area (Å²) in [5.74, 6) is 0. The van der Waals surface area contributed by atoms with Crippen LogP contribution in [0.15, 0.2) is 162 Å². The third-order valence-corrected chi connectivity index (χ3v) is 9.47. The summed E-state index contributed by atoms with van der Waals surface area (Å²) in [5.41, 5.74) is 6.60. The molecule has 0 saturated heterocycles. The molecule has 0 aliphatic carbocycles. The Bertz CT molecular complexity index is 2820. The lowest BCUT2D eigenvalue weighted by Crippen LogP contribution is -2.31. The van der Waals surface area contributed by atoms with Crippen LogP contribution in [-0.2, 0) is 0 Å². The molecule has 0 bridgehead atoms. The molecule has 0 fully saturated rings. The maximum atomic E-state index is 6.20. The molecule has 8 aromatic carbocycles. The molecular formula is C43H26NO+. The lowest BCUT2D eigenvalue weighted by atomic mass is 9.93. The number of fused-ring (bicyclic) bond motifs is 10. The van der Waals surface area contributed by atoms with Crippen molar-refractivity contribution in [3.8, 4) is 16.8 Å². The van der Waals surface area contributed by atoms with Crippen molar-refractivity contribution < 1.29 is 8.98 Å². The molecule has 0 N–H and O–H groups in total. The van der Waals surface area contributed by atoms with Crippen LogP contribution in [0.25, 0.3) is 92.7 Å². The van der Waals surface area contributed by atoms with Gasteiger partial charge in [-0.2, -0.15) is 4.57 Å². The van der Waals surface area contributed by atoms with Crippen molar-refractivity contribution in [1.29, 1.82) is 0 Å². The number of benzene rings is 8. The zero-order valence-electron chi connectivity index (χ0n) is 24.4. The molecular weight excluding hydrogens is 546 g/mol. The lowest BCUT2D eigenvalue weighted by molar-refractivity contribution is -0.565. The van der Waals surface area contributed by atoms with Gasteiger partial charge >= 0.3 is 0 Å². The van der Waals surface area contributed by atoms with Gasteiger partial charge in [0.1, 0.15) is 11.2 Å². The van der Waals surface area contributed by atoms with Crippen molar-refractivity contribution in [1.82, 2.24) is 0 Å². The van der Waals surface area contributed by atoms with Gasteiger partial charge in [-0.25, -0.2) is 0 Å². The summed E-state index contributed by atoms with van der Waals surface area (Å²) in [6.45, 7) is 0. The van der Waals surface area contributed by atoms with Crippen LogP contribution >= 0.6 is 0 Å². The van der Waals surface area contributed by atoms with Gasteiger partial charge in [0.25, 0.3) is 0 Å². The first-order valence-electron chi connectivity index (χ1n) is 15.4. The van der Waals surface area contributed by atoms with E-state index in [4.69, 9.17) is 4.42 Å². The maximum absolute atomic E-state index is 6.20. The first kappa shape index (κ1) is 24.5. The first-order chi connectivity index (χ1) is 22.3.